The van der Waals surface area contributed by atoms with E-state index in [1.54, 1.807) is 13.0 Å². The van der Waals surface area contributed by atoms with Crippen LogP contribution in [0.3, 0.4) is 0 Å². The first-order chi connectivity index (χ1) is 9.45. The highest BCUT2D eigenvalue weighted by Gasteiger charge is 2.28. The van der Waals surface area contributed by atoms with Crippen molar-refractivity contribution in [3.05, 3.63) is 29.6 Å². The summed E-state index contributed by atoms with van der Waals surface area (Å²) in [7, 11) is 0. The highest BCUT2D eigenvalue weighted by Crippen LogP contribution is 2.30. The summed E-state index contributed by atoms with van der Waals surface area (Å²) in [6.45, 7) is 1.76. The van der Waals surface area contributed by atoms with Gasteiger partial charge >= 0.3 is 12.0 Å². The number of nitrogens with zero attached hydrogens (tertiary/aromatic N) is 1. The lowest BCUT2D eigenvalue weighted by Gasteiger charge is -2.21. The van der Waals surface area contributed by atoms with Crippen LogP contribution in [0.1, 0.15) is 18.4 Å². The molecule has 0 spiro atoms. The normalized spacial score (nSPS) is 13.9. The molecule has 108 valence electrons. The van der Waals surface area contributed by atoms with E-state index >= 15 is 0 Å². The fourth-order valence-electron chi connectivity index (χ4n) is 1.91. The molecule has 0 saturated heterocycles. The van der Waals surface area contributed by atoms with Crippen molar-refractivity contribution >= 4 is 17.7 Å². The second kappa shape index (κ2) is 5.90. The van der Waals surface area contributed by atoms with Gasteiger partial charge in [0, 0.05) is 6.54 Å². The monoisotopic (exact) mass is 280 g/mol. The minimum Gasteiger partial charge on any atom is -0.480 e. The number of anilines is 1. The van der Waals surface area contributed by atoms with Gasteiger partial charge in [0.15, 0.2) is 0 Å². The summed E-state index contributed by atoms with van der Waals surface area (Å²) in [6, 6.07) is 3.89. The average Bonchev–Trinajstić information content (AvgIpc) is 3.15. The zero-order valence-electron chi connectivity index (χ0n) is 11.2. The van der Waals surface area contributed by atoms with Crippen LogP contribution in [-0.4, -0.2) is 35.1 Å². The minimum absolute atomic E-state index is 0.0618. The molecule has 1 fully saturated rings. The summed E-state index contributed by atoms with van der Waals surface area (Å²) < 4.78 is 13.7. The van der Waals surface area contributed by atoms with E-state index in [-0.39, 0.29) is 12.2 Å². The number of carbonyl (C=O) groups excluding carboxylic acids is 1. The van der Waals surface area contributed by atoms with E-state index < -0.39 is 17.8 Å². The summed E-state index contributed by atoms with van der Waals surface area (Å²) in [6.07, 6.45) is 2.00. The number of aliphatic carboxylic acids is 1. The molecule has 1 aromatic rings. The van der Waals surface area contributed by atoms with Gasteiger partial charge in [0.25, 0.3) is 0 Å². The highest BCUT2D eigenvalue weighted by atomic mass is 19.1. The standard InChI is InChI=1S/C14H17FN2O3/c1-9-2-5-12(11(15)6-9)16-14(20)17(8-13(18)19)7-10-3-4-10/h2,5-6,10H,3-4,7-8H2,1H3,(H,16,20)(H,18,19). The molecule has 0 heterocycles. The molecule has 2 amide bonds. The minimum atomic E-state index is -1.08. The van der Waals surface area contributed by atoms with Crippen molar-refractivity contribution in [2.75, 3.05) is 18.4 Å². The van der Waals surface area contributed by atoms with Crippen molar-refractivity contribution in [3.63, 3.8) is 0 Å². The number of amides is 2. The lowest BCUT2D eigenvalue weighted by molar-refractivity contribution is -0.137. The van der Waals surface area contributed by atoms with Gasteiger partial charge in [0.1, 0.15) is 12.4 Å². The molecule has 0 bridgehead atoms. The van der Waals surface area contributed by atoms with Gasteiger partial charge in [0.05, 0.1) is 5.69 Å². The van der Waals surface area contributed by atoms with E-state index in [4.69, 9.17) is 5.11 Å². The molecule has 0 atom stereocenters. The molecule has 5 nitrogen and oxygen atoms in total. The van der Waals surface area contributed by atoms with Gasteiger partial charge in [-0.1, -0.05) is 6.07 Å². The van der Waals surface area contributed by atoms with Gasteiger partial charge in [-0.2, -0.15) is 0 Å². The lowest BCUT2D eigenvalue weighted by atomic mass is 10.2. The van der Waals surface area contributed by atoms with E-state index in [2.05, 4.69) is 5.32 Å². The summed E-state index contributed by atoms with van der Waals surface area (Å²) >= 11 is 0. The topological polar surface area (TPSA) is 69.6 Å². The van der Waals surface area contributed by atoms with Crippen molar-refractivity contribution in [2.24, 2.45) is 5.92 Å². The number of carboxylic acid groups (broad SMARTS) is 1. The number of hydrogen-bond donors (Lipinski definition) is 2. The Bertz CT molecular complexity index is 529. The largest absolute Gasteiger partial charge is 0.480 e. The molecule has 0 radical (unpaired) electrons. The number of benzene rings is 1. The second-order valence-electron chi connectivity index (χ2n) is 5.13. The van der Waals surface area contributed by atoms with Crippen molar-refractivity contribution in [1.29, 1.82) is 0 Å². The van der Waals surface area contributed by atoms with Gasteiger partial charge in [0.2, 0.25) is 0 Å². The van der Waals surface area contributed by atoms with E-state index in [1.807, 2.05) is 0 Å². The van der Waals surface area contributed by atoms with Crippen LogP contribution in [0.2, 0.25) is 0 Å². The first kappa shape index (κ1) is 14.3. The number of aryl methyl sites for hydroxylation is 1. The molecule has 0 unspecified atom stereocenters. The van der Waals surface area contributed by atoms with Crippen molar-refractivity contribution in [3.8, 4) is 0 Å². The van der Waals surface area contributed by atoms with Crippen LogP contribution < -0.4 is 5.32 Å². The van der Waals surface area contributed by atoms with Crippen molar-refractivity contribution in [1.82, 2.24) is 4.90 Å². The molecular formula is C14H17FN2O3. The van der Waals surface area contributed by atoms with Crippen LogP contribution in [-0.2, 0) is 4.79 Å². The number of rotatable bonds is 5. The van der Waals surface area contributed by atoms with Crippen LogP contribution in [0, 0.1) is 18.7 Å². The van der Waals surface area contributed by atoms with Gasteiger partial charge in [-0.3, -0.25) is 4.79 Å². The number of hydrogen-bond acceptors (Lipinski definition) is 2. The van der Waals surface area contributed by atoms with E-state index in [1.165, 1.54) is 17.0 Å². The third kappa shape index (κ3) is 3.94. The molecule has 1 aliphatic rings. The van der Waals surface area contributed by atoms with Crippen LogP contribution >= 0.6 is 0 Å². The average molecular weight is 280 g/mol. The summed E-state index contributed by atoms with van der Waals surface area (Å²) in [5, 5.41) is 11.3. The molecule has 6 heteroatoms. The van der Waals surface area contributed by atoms with Gasteiger partial charge in [-0.05, 0) is 43.4 Å². The lowest BCUT2D eigenvalue weighted by Crippen LogP contribution is -2.40. The zero-order chi connectivity index (χ0) is 14.7. The molecule has 1 aliphatic carbocycles. The Kier molecular flexibility index (Phi) is 4.22. The number of urea groups is 1. The van der Waals surface area contributed by atoms with Crippen LogP contribution in [0.5, 0.6) is 0 Å². The molecule has 1 aromatic carbocycles. The van der Waals surface area contributed by atoms with Crippen LogP contribution in [0.4, 0.5) is 14.9 Å². The number of halogens is 1. The van der Waals surface area contributed by atoms with E-state index in [9.17, 15) is 14.0 Å². The zero-order valence-corrected chi connectivity index (χ0v) is 11.2. The van der Waals surface area contributed by atoms with Gasteiger partial charge < -0.3 is 15.3 Å². The summed E-state index contributed by atoms with van der Waals surface area (Å²) in [5.41, 5.74) is 0.813. The number of nitrogens with one attached hydrogen (secondary N) is 1. The van der Waals surface area contributed by atoms with E-state index in [0.29, 0.717) is 12.5 Å². The van der Waals surface area contributed by atoms with E-state index in [0.717, 1.165) is 18.4 Å². The second-order valence-corrected chi connectivity index (χ2v) is 5.13. The number of carboxylic acids is 1. The maximum atomic E-state index is 13.7. The summed E-state index contributed by atoms with van der Waals surface area (Å²) in [4.78, 5) is 24.0. The Morgan fingerprint density at radius 1 is 1.45 bits per heavy atom. The predicted octanol–water partition coefficient (Wildman–Crippen LogP) is 2.46. The molecule has 2 rings (SSSR count). The van der Waals surface area contributed by atoms with Crippen molar-refractivity contribution in [2.45, 2.75) is 19.8 Å². The Labute approximate surface area is 116 Å². The first-order valence-electron chi connectivity index (χ1n) is 6.49. The van der Waals surface area contributed by atoms with Crippen LogP contribution in [0.15, 0.2) is 18.2 Å². The Morgan fingerprint density at radius 3 is 2.70 bits per heavy atom. The Morgan fingerprint density at radius 2 is 2.15 bits per heavy atom. The van der Waals surface area contributed by atoms with Crippen molar-refractivity contribution < 1.29 is 19.1 Å². The van der Waals surface area contributed by atoms with Gasteiger partial charge in [-0.25, -0.2) is 9.18 Å². The fourth-order valence-corrected chi connectivity index (χ4v) is 1.91. The third-order valence-corrected chi connectivity index (χ3v) is 3.16. The molecule has 0 aliphatic heterocycles. The molecule has 2 N–H and O–H groups in total. The maximum Gasteiger partial charge on any atom is 0.323 e. The molecule has 1 saturated carbocycles. The Balaban J connectivity index is 2.04. The van der Waals surface area contributed by atoms with Gasteiger partial charge in [-0.15, -0.1) is 0 Å². The molecule has 0 aromatic heterocycles. The first-order valence-corrected chi connectivity index (χ1v) is 6.49. The maximum absolute atomic E-state index is 13.7. The quantitative estimate of drug-likeness (QED) is 0.870. The molecule has 20 heavy (non-hydrogen) atoms. The predicted molar refractivity (Wildman–Crippen MR) is 72.1 cm³/mol. The smallest absolute Gasteiger partial charge is 0.323 e. The Hall–Kier alpha value is -2.11. The third-order valence-electron chi connectivity index (χ3n) is 3.16. The molecular weight excluding hydrogens is 263 g/mol. The highest BCUT2D eigenvalue weighted by molar-refractivity contribution is 5.91. The van der Waals surface area contributed by atoms with Crippen LogP contribution in [0.25, 0.3) is 0 Å². The summed E-state index contributed by atoms with van der Waals surface area (Å²) in [5.74, 6) is -1.24. The number of carbonyl (C=O) groups is 2. The SMILES string of the molecule is Cc1ccc(NC(=O)N(CC(=O)O)CC2CC2)c(F)c1. The fraction of sp³-hybridized carbons (Fsp3) is 0.429.